The summed E-state index contributed by atoms with van der Waals surface area (Å²) >= 11 is 2.75. The average Bonchev–Trinajstić information content (AvgIpc) is 3.45. The van der Waals surface area contributed by atoms with Crippen molar-refractivity contribution in [2.24, 2.45) is 0 Å². The molecule has 0 fully saturated rings. The molecule has 9 heteroatoms. The summed E-state index contributed by atoms with van der Waals surface area (Å²) in [5.41, 5.74) is 1.73. The number of aromatic nitrogens is 1. The third kappa shape index (κ3) is 4.15. The topological polar surface area (TPSA) is 85.6 Å². The molecule has 2 aromatic heterocycles. The molecular weight excluding hydrogens is 458 g/mol. The molecule has 0 spiro atoms. The zero-order valence-electron chi connectivity index (χ0n) is 17.4. The number of hydrogen-bond acceptors (Lipinski definition) is 7. The summed E-state index contributed by atoms with van der Waals surface area (Å²) in [7, 11) is 1.60. The quantitative estimate of drug-likeness (QED) is 0.213. The van der Waals surface area contributed by atoms with Crippen molar-refractivity contribution in [1.82, 2.24) is 4.98 Å². The Labute approximate surface area is 196 Å². The van der Waals surface area contributed by atoms with Gasteiger partial charge in [0.15, 0.2) is 5.13 Å². The highest BCUT2D eigenvalue weighted by Crippen LogP contribution is 2.35. The maximum atomic E-state index is 13.7. The maximum absolute atomic E-state index is 13.7. The lowest BCUT2D eigenvalue weighted by Gasteiger charge is -2.19. The summed E-state index contributed by atoms with van der Waals surface area (Å²) in [5.74, 6) is 0.500. The number of thiophene rings is 1. The second-order valence-electron chi connectivity index (χ2n) is 7.30. The Morgan fingerprint density at radius 2 is 1.82 bits per heavy atom. The second-order valence-corrected chi connectivity index (χ2v) is 9.39. The van der Waals surface area contributed by atoms with E-state index in [2.05, 4.69) is 0 Å². The number of nitro benzene ring substituents is 1. The standard InChI is InChI=1S/C24H17N3O4S2/c1-31-18-8-10-21-19(13-18)25-24(33-21)26(14-15-5-3-2-4-6-15)23(28)22-12-16-11-17(27(29)30)7-9-20(16)32-22/h2-13H,14H2,1H3. The van der Waals surface area contributed by atoms with Crippen molar-refractivity contribution in [3.63, 3.8) is 0 Å². The highest BCUT2D eigenvalue weighted by molar-refractivity contribution is 7.23. The lowest BCUT2D eigenvalue weighted by molar-refractivity contribution is -0.384. The van der Waals surface area contributed by atoms with E-state index in [4.69, 9.17) is 9.72 Å². The van der Waals surface area contributed by atoms with Crippen LogP contribution in [0.3, 0.4) is 0 Å². The van der Waals surface area contributed by atoms with Crippen LogP contribution in [0.4, 0.5) is 10.8 Å². The number of non-ortho nitro benzene ring substituents is 1. The number of fused-ring (bicyclic) bond motifs is 2. The maximum Gasteiger partial charge on any atom is 0.270 e. The number of methoxy groups -OCH3 is 1. The van der Waals surface area contributed by atoms with Gasteiger partial charge in [0.05, 0.1) is 33.7 Å². The number of benzene rings is 3. The summed E-state index contributed by atoms with van der Waals surface area (Å²) < 4.78 is 7.07. The first-order valence-electron chi connectivity index (χ1n) is 10.0. The molecule has 164 valence electrons. The van der Waals surface area contributed by atoms with E-state index in [0.29, 0.717) is 27.7 Å². The molecule has 7 nitrogen and oxygen atoms in total. The Kier molecular flexibility index (Phi) is 5.49. The zero-order valence-corrected chi connectivity index (χ0v) is 19.1. The predicted octanol–water partition coefficient (Wildman–Crippen LogP) is 6.27. The van der Waals surface area contributed by atoms with Crippen LogP contribution in [-0.2, 0) is 6.54 Å². The Morgan fingerprint density at radius 3 is 2.58 bits per heavy atom. The molecule has 0 aliphatic rings. The molecule has 33 heavy (non-hydrogen) atoms. The van der Waals surface area contributed by atoms with Gasteiger partial charge in [-0.15, -0.1) is 11.3 Å². The van der Waals surface area contributed by atoms with Gasteiger partial charge in [0.2, 0.25) is 0 Å². The fourth-order valence-electron chi connectivity index (χ4n) is 3.51. The van der Waals surface area contributed by atoms with Crippen LogP contribution in [0.5, 0.6) is 5.75 Å². The highest BCUT2D eigenvalue weighted by atomic mass is 32.1. The molecule has 0 unspecified atom stereocenters. The van der Waals surface area contributed by atoms with Crippen molar-refractivity contribution < 1.29 is 14.5 Å². The van der Waals surface area contributed by atoms with Gasteiger partial charge in [-0.3, -0.25) is 19.8 Å². The number of anilines is 1. The lowest BCUT2D eigenvalue weighted by Crippen LogP contribution is -2.29. The van der Waals surface area contributed by atoms with Crippen LogP contribution in [-0.4, -0.2) is 22.9 Å². The van der Waals surface area contributed by atoms with E-state index in [0.717, 1.165) is 20.5 Å². The highest BCUT2D eigenvalue weighted by Gasteiger charge is 2.24. The summed E-state index contributed by atoms with van der Waals surface area (Å²) in [6.07, 6.45) is 0. The van der Waals surface area contributed by atoms with E-state index in [9.17, 15) is 14.9 Å². The molecule has 5 aromatic rings. The largest absolute Gasteiger partial charge is 0.497 e. The van der Waals surface area contributed by atoms with Crippen molar-refractivity contribution in [1.29, 1.82) is 0 Å². The summed E-state index contributed by atoms with van der Waals surface area (Å²) in [6.45, 7) is 0.352. The van der Waals surface area contributed by atoms with E-state index in [1.54, 1.807) is 24.1 Å². The number of hydrogen-bond donors (Lipinski definition) is 0. The van der Waals surface area contributed by atoms with E-state index < -0.39 is 4.92 Å². The van der Waals surface area contributed by atoms with E-state index in [1.165, 1.54) is 34.8 Å². The number of ether oxygens (including phenoxy) is 1. The molecular formula is C24H17N3O4S2. The van der Waals surface area contributed by atoms with Gasteiger partial charge < -0.3 is 4.74 Å². The molecule has 1 amide bonds. The van der Waals surface area contributed by atoms with Crippen molar-refractivity contribution in [3.05, 3.63) is 93.4 Å². The van der Waals surface area contributed by atoms with Gasteiger partial charge in [0.1, 0.15) is 5.75 Å². The smallest absolute Gasteiger partial charge is 0.270 e. The van der Waals surface area contributed by atoms with E-state index in [1.807, 2.05) is 48.5 Å². The summed E-state index contributed by atoms with van der Waals surface area (Å²) in [6, 6.07) is 21.7. The van der Waals surface area contributed by atoms with Crippen LogP contribution in [0.15, 0.2) is 72.8 Å². The molecule has 5 rings (SSSR count). The fourth-order valence-corrected chi connectivity index (χ4v) is 5.45. The van der Waals surface area contributed by atoms with Crippen LogP contribution in [0, 0.1) is 10.1 Å². The third-order valence-electron chi connectivity index (χ3n) is 5.16. The predicted molar refractivity (Wildman–Crippen MR) is 132 cm³/mol. The number of carbonyl (C=O) groups excluding carboxylic acids is 1. The second kappa shape index (κ2) is 8.61. The van der Waals surface area contributed by atoms with Gasteiger partial charge >= 0.3 is 0 Å². The lowest BCUT2D eigenvalue weighted by atomic mass is 10.2. The normalized spacial score (nSPS) is 11.1. The van der Waals surface area contributed by atoms with Crippen molar-refractivity contribution in [3.8, 4) is 5.75 Å². The van der Waals surface area contributed by atoms with Crippen molar-refractivity contribution in [2.75, 3.05) is 12.0 Å². The number of carbonyl (C=O) groups is 1. The zero-order chi connectivity index (χ0) is 22.9. The number of nitrogens with zero attached hydrogens (tertiary/aromatic N) is 3. The summed E-state index contributed by atoms with van der Waals surface area (Å²) in [4.78, 5) is 31.2. The van der Waals surface area contributed by atoms with Crippen LogP contribution in [0.2, 0.25) is 0 Å². The van der Waals surface area contributed by atoms with Gasteiger partial charge in [0, 0.05) is 28.3 Å². The Morgan fingerprint density at radius 1 is 1.03 bits per heavy atom. The van der Waals surface area contributed by atoms with Gasteiger partial charge in [0.25, 0.3) is 11.6 Å². The van der Waals surface area contributed by atoms with Crippen LogP contribution in [0.1, 0.15) is 15.2 Å². The number of rotatable bonds is 6. The first-order chi connectivity index (χ1) is 16.0. The molecule has 3 aromatic carbocycles. The van der Waals surface area contributed by atoms with Gasteiger partial charge in [-0.2, -0.15) is 0 Å². The third-order valence-corrected chi connectivity index (χ3v) is 7.33. The molecule has 0 aliphatic carbocycles. The van der Waals surface area contributed by atoms with Crippen LogP contribution >= 0.6 is 22.7 Å². The van der Waals surface area contributed by atoms with Gasteiger partial charge in [-0.1, -0.05) is 41.7 Å². The molecule has 0 saturated heterocycles. The molecule has 0 atom stereocenters. The molecule has 0 N–H and O–H groups in total. The molecule has 2 heterocycles. The van der Waals surface area contributed by atoms with Gasteiger partial charge in [-0.05, 0) is 29.8 Å². The van der Waals surface area contributed by atoms with Crippen LogP contribution in [0.25, 0.3) is 20.3 Å². The minimum absolute atomic E-state index is 0.000519. The number of thiazole rings is 1. The summed E-state index contributed by atoms with van der Waals surface area (Å²) in [5, 5.41) is 12.4. The number of nitro groups is 1. The Bertz CT molecular complexity index is 1490. The Balaban J connectivity index is 1.57. The SMILES string of the molecule is COc1ccc2sc(N(Cc3ccccc3)C(=O)c3cc4cc([N+](=O)[O-])ccc4s3)nc2c1. The van der Waals surface area contributed by atoms with Crippen molar-refractivity contribution in [2.45, 2.75) is 6.54 Å². The fraction of sp³-hybridized carbons (Fsp3) is 0.0833. The molecule has 0 aliphatic heterocycles. The molecule has 0 bridgehead atoms. The average molecular weight is 476 g/mol. The van der Waals surface area contributed by atoms with Crippen LogP contribution < -0.4 is 9.64 Å². The monoisotopic (exact) mass is 475 g/mol. The van der Waals surface area contributed by atoms with Crippen molar-refractivity contribution >= 4 is 59.7 Å². The van der Waals surface area contributed by atoms with E-state index in [-0.39, 0.29) is 11.6 Å². The minimum Gasteiger partial charge on any atom is -0.497 e. The number of amides is 1. The Hall–Kier alpha value is -3.82. The first kappa shape index (κ1) is 21.0. The molecule has 0 radical (unpaired) electrons. The van der Waals surface area contributed by atoms with Gasteiger partial charge in [-0.25, -0.2) is 4.98 Å². The molecule has 0 saturated carbocycles. The first-order valence-corrected chi connectivity index (χ1v) is 11.6. The van der Waals surface area contributed by atoms with E-state index >= 15 is 0 Å². The minimum atomic E-state index is -0.435.